The molecule has 0 heterocycles. The fraction of sp³-hybridized carbons (Fsp3) is 0.500. The van der Waals surface area contributed by atoms with Gasteiger partial charge in [-0.15, -0.1) is 0 Å². The normalized spacial score (nSPS) is 11.4. The fourth-order valence-corrected chi connectivity index (χ4v) is 2.61. The van der Waals surface area contributed by atoms with Crippen molar-refractivity contribution in [3.8, 4) is 0 Å². The van der Waals surface area contributed by atoms with Gasteiger partial charge in [0.1, 0.15) is 0 Å². The average Bonchev–Trinajstić information content (AvgIpc) is 2.34. The van der Waals surface area contributed by atoms with Gasteiger partial charge in [0.2, 0.25) is 0 Å². The minimum atomic E-state index is -0.220. The van der Waals surface area contributed by atoms with Crippen LogP contribution in [0.4, 0.5) is 0 Å². The van der Waals surface area contributed by atoms with Gasteiger partial charge in [-0.2, -0.15) is 0 Å². The molecule has 0 unspecified atom stereocenters. The monoisotopic (exact) mass is 365 g/mol. The number of amides is 1. The molecule has 0 spiro atoms. The summed E-state index contributed by atoms with van der Waals surface area (Å²) in [7, 11) is 0. The van der Waals surface area contributed by atoms with Crippen molar-refractivity contribution in [2.24, 2.45) is 5.41 Å². The van der Waals surface area contributed by atoms with E-state index in [1.165, 1.54) is 0 Å². The molecule has 1 amide bonds. The molecular formula is C14H18BrCl2NO. The van der Waals surface area contributed by atoms with Crippen LogP contribution in [0, 0.1) is 5.41 Å². The molecule has 0 aliphatic carbocycles. The van der Waals surface area contributed by atoms with Crippen molar-refractivity contribution < 1.29 is 4.79 Å². The van der Waals surface area contributed by atoms with E-state index in [-0.39, 0.29) is 11.3 Å². The molecule has 1 rings (SSSR count). The van der Waals surface area contributed by atoms with E-state index in [1.807, 2.05) is 0 Å². The first kappa shape index (κ1) is 16.8. The molecule has 0 saturated carbocycles. The van der Waals surface area contributed by atoms with Gasteiger partial charge in [-0.1, -0.05) is 59.0 Å². The standard InChI is InChI=1S/C14H18BrCl2NO/c1-14(2,7-4-8-15)9-18-13(19)12-10(16)5-3-6-11(12)17/h3,5-6H,4,7-9H2,1-2H3,(H,18,19). The average molecular weight is 367 g/mol. The zero-order valence-corrected chi connectivity index (χ0v) is 14.2. The predicted octanol–water partition coefficient (Wildman–Crippen LogP) is 4.92. The summed E-state index contributed by atoms with van der Waals surface area (Å²) in [5.74, 6) is -0.220. The number of hydrogen-bond acceptors (Lipinski definition) is 1. The van der Waals surface area contributed by atoms with Gasteiger partial charge in [0.15, 0.2) is 0 Å². The number of carbonyl (C=O) groups excluding carboxylic acids is 1. The molecule has 19 heavy (non-hydrogen) atoms. The summed E-state index contributed by atoms with van der Waals surface area (Å²) < 4.78 is 0. The van der Waals surface area contributed by atoms with Crippen LogP contribution in [-0.4, -0.2) is 17.8 Å². The van der Waals surface area contributed by atoms with Crippen molar-refractivity contribution >= 4 is 45.0 Å². The number of rotatable bonds is 6. The second-order valence-electron chi connectivity index (χ2n) is 5.24. The molecule has 0 aromatic heterocycles. The Morgan fingerprint density at radius 1 is 1.32 bits per heavy atom. The number of alkyl halides is 1. The van der Waals surface area contributed by atoms with Gasteiger partial charge in [0, 0.05) is 11.9 Å². The summed E-state index contributed by atoms with van der Waals surface area (Å²) in [6, 6.07) is 5.05. The molecule has 0 fully saturated rings. The maximum atomic E-state index is 12.1. The van der Waals surface area contributed by atoms with Crippen molar-refractivity contribution in [1.29, 1.82) is 0 Å². The number of hydrogen-bond donors (Lipinski definition) is 1. The Bertz CT molecular complexity index is 429. The van der Waals surface area contributed by atoms with Gasteiger partial charge in [-0.05, 0) is 30.4 Å². The van der Waals surface area contributed by atoms with Crippen molar-refractivity contribution in [2.75, 3.05) is 11.9 Å². The van der Waals surface area contributed by atoms with Crippen LogP contribution in [0.2, 0.25) is 10.0 Å². The quantitative estimate of drug-likeness (QED) is 0.711. The van der Waals surface area contributed by atoms with Crippen LogP contribution < -0.4 is 5.32 Å². The Balaban J connectivity index is 2.66. The molecule has 0 atom stereocenters. The minimum Gasteiger partial charge on any atom is -0.351 e. The van der Waals surface area contributed by atoms with E-state index in [4.69, 9.17) is 23.2 Å². The van der Waals surface area contributed by atoms with Crippen LogP contribution in [0.3, 0.4) is 0 Å². The van der Waals surface area contributed by atoms with E-state index in [0.717, 1.165) is 18.2 Å². The van der Waals surface area contributed by atoms with Gasteiger partial charge in [0.05, 0.1) is 15.6 Å². The summed E-state index contributed by atoms with van der Waals surface area (Å²) in [4.78, 5) is 12.1. The molecular weight excluding hydrogens is 349 g/mol. The van der Waals surface area contributed by atoms with Crippen LogP contribution in [0.15, 0.2) is 18.2 Å². The summed E-state index contributed by atoms with van der Waals surface area (Å²) >= 11 is 15.4. The first-order chi connectivity index (χ1) is 8.87. The molecule has 0 saturated heterocycles. The summed E-state index contributed by atoms with van der Waals surface area (Å²) in [5.41, 5.74) is 0.402. The zero-order valence-electron chi connectivity index (χ0n) is 11.1. The lowest BCUT2D eigenvalue weighted by molar-refractivity contribution is 0.0935. The Hall–Kier alpha value is -0.250. The van der Waals surface area contributed by atoms with Crippen LogP contribution in [-0.2, 0) is 0 Å². The first-order valence-corrected chi connectivity index (χ1v) is 8.03. The summed E-state index contributed by atoms with van der Waals surface area (Å²) in [6.45, 7) is 4.86. The lowest BCUT2D eigenvalue weighted by Gasteiger charge is -2.24. The highest BCUT2D eigenvalue weighted by Crippen LogP contribution is 2.25. The predicted molar refractivity (Wildman–Crippen MR) is 85.6 cm³/mol. The summed E-state index contributed by atoms with van der Waals surface area (Å²) in [5, 5.41) is 4.64. The first-order valence-electron chi connectivity index (χ1n) is 6.15. The molecule has 1 N–H and O–H groups in total. The Morgan fingerprint density at radius 2 is 1.89 bits per heavy atom. The molecule has 0 aliphatic heterocycles. The van der Waals surface area contributed by atoms with Gasteiger partial charge in [0.25, 0.3) is 5.91 Å². The Kier molecular flexibility index (Phi) is 6.64. The van der Waals surface area contributed by atoms with E-state index in [2.05, 4.69) is 35.1 Å². The number of halogens is 3. The zero-order chi connectivity index (χ0) is 14.5. The molecule has 1 aromatic carbocycles. The summed E-state index contributed by atoms with van der Waals surface area (Å²) in [6.07, 6.45) is 2.12. The van der Waals surface area contributed by atoms with Crippen molar-refractivity contribution in [3.05, 3.63) is 33.8 Å². The van der Waals surface area contributed by atoms with Gasteiger partial charge in [-0.25, -0.2) is 0 Å². The molecule has 0 bridgehead atoms. The largest absolute Gasteiger partial charge is 0.351 e. The molecule has 0 radical (unpaired) electrons. The fourth-order valence-electron chi connectivity index (χ4n) is 1.76. The molecule has 1 aromatic rings. The third-order valence-electron chi connectivity index (χ3n) is 2.90. The lowest BCUT2D eigenvalue weighted by atomic mass is 9.88. The number of benzene rings is 1. The maximum absolute atomic E-state index is 12.1. The second kappa shape index (κ2) is 7.51. The van der Waals surface area contributed by atoms with Gasteiger partial charge in [-0.3, -0.25) is 4.79 Å². The molecule has 0 aliphatic rings. The number of carbonyl (C=O) groups is 1. The van der Waals surface area contributed by atoms with Gasteiger partial charge < -0.3 is 5.32 Å². The molecule has 106 valence electrons. The van der Waals surface area contributed by atoms with E-state index in [9.17, 15) is 4.79 Å². The van der Waals surface area contributed by atoms with Crippen LogP contribution >= 0.6 is 39.1 Å². The number of nitrogens with one attached hydrogen (secondary N) is 1. The van der Waals surface area contributed by atoms with Crippen LogP contribution in [0.5, 0.6) is 0 Å². The highest BCUT2D eigenvalue weighted by molar-refractivity contribution is 9.09. The smallest absolute Gasteiger partial charge is 0.254 e. The SMILES string of the molecule is CC(C)(CCCBr)CNC(=O)c1c(Cl)cccc1Cl. The third-order valence-corrected chi connectivity index (χ3v) is 4.10. The van der Waals surface area contributed by atoms with Crippen LogP contribution in [0.25, 0.3) is 0 Å². The van der Waals surface area contributed by atoms with E-state index >= 15 is 0 Å². The van der Waals surface area contributed by atoms with Crippen LogP contribution in [0.1, 0.15) is 37.0 Å². The van der Waals surface area contributed by atoms with Crippen molar-refractivity contribution in [2.45, 2.75) is 26.7 Å². The third kappa shape index (κ3) is 5.33. The highest BCUT2D eigenvalue weighted by atomic mass is 79.9. The van der Waals surface area contributed by atoms with E-state index in [1.54, 1.807) is 18.2 Å². The van der Waals surface area contributed by atoms with Gasteiger partial charge >= 0.3 is 0 Å². The van der Waals surface area contributed by atoms with Crippen molar-refractivity contribution in [3.63, 3.8) is 0 Å². The Labute approximate surface area is 133 Å². The Morgan fingerprint density at radius 3 is 2.42 bits per heavy atom. The maximum Gasteiger partial charge on any atom is 0.254 e. The lowest BCUT2D eigenvalue weighted by Crippen LogP contribution is -2.34. The van der Waals surface area contributed by atoms with E-state index in [0.29, 0.717) is 22.2 Å². The second-order valence-corrected chi connectivity index (χ2v) is 6.84. The molecule has 2 nitrogen and oxygen atoms in total. The minimum absolute atomic E-state index is 0.0527. The van der Waals surface area contributed by atoms with Crippen molar-refractivity contribution in [1.82, 2.24) is 5.32 Å². The highest BCUT2D eigenvalue weighted by Gasteiger charge is 2.20. The molecule has 5 heteroatoms. The topological polar surface area (TPSA) is 29.1 Å². The van der Waals surface area contributed by atoms with E-state index < -0.39 is 0 Å².